The standard InChI is InChI=1S/C26H30Cl2N4OS2.C2H6/c1-5-16(2)18(4)30-24-15-32(13-12-17(24)3)35(33)20-8-6-19(7-9-20)34-31-23-11-10-21(27)25-22(28)14-29-26(23)25;1-2/h6-11,14,16,29,31H,5,12-13,15H2,1-4H3;1-2H3. The topological polar surface area (TPSA) is 60.5 Å². The third-order valence-corrected chi connectivity index (χ3v) is 9.37. The number of aliphatic imine (C=N–C) groups is 1. The molecule has 37 heavy (non-hydrogen) atoms. The molecule has 4 rings (SSSR count). The average Bonchev–Trinajstić information content (AvgIpc) is 3.32. The van der Waals surface area contributed by atoms with Crippen LogP contribution in [0.2, 0.25) is 10.0 Å². The fourth-order valence-corrected chi connectivity index (χ4v) is 6.24. The molecule has 0 spiro atoms. The first-order valence-corrected chi connectivity index (χ1v) is 15.3. The van der Waals surface area contributed by atoms with Gasteiger partial charge in [-0.3, -0.25) is 4.99 Å². The number of anilines is 1. The van der Waals surface area contributed by atoms with Gasteiger partial charge in [-0.05, 0) is 86.5 Å². The molecule has 2 unspecified atom stereocenters. The largest absolute Gasteiger partial charge is 0.358 e. The predicted molar refractivity (Wildman–Crippen MR) is 163 cm³/mol. The van der Waals surface area contributed by atoms with Gasteiger partial charge in [0.15, 0.2) is 0 Å². The third kappa shape index (κ3) is 7.21. The van der Waals surface area contributed by atoms with Gasteiger partial charge in [0.2, 0.25) is 0 Å². The molecular formula is C28H36Cl2N4OS2. The molecule has 0 bridgehead atoms. The summed E-state index contributed by atoms with van der Waals surface area (Å²) in [5.74, 6) is 0.452. The van der Waals surface area contributed by atoms with Crippen LogP contribution in [0.1, 0.15) is 54.4 Å². The van der Waals surface area contributed by atoms with E-state index in [1.54, 1.807) is 6.20 Å². The van der Waals surface area contributed by atoms with Crippen molar-refractivity contribution in [3.8, 4) is 0 Å². The molecule has 0 amide bonds. The summed E-state index contributed by atoms with van der Waals surface area (Å²) in [6.07, 6.45) is 3.68. The molecular weight excluding hydrogens is 543 g/mol. The number of rotatable bonds is 8. The first-order chi connectivity index (χ1) is 17.8. The van der Waals surface area contributed by atoms with Crippen LogP contribution in [0.25, 0.3) is 10.9 Å². The summed E-state index contributed by atoms with van der Waals surface area (Å²) in [4.78, 5) is 9.87. The Bertz CT molecular complexity index is 1300. The number of H-pyrrole nitrogens is 1. The van der Waals surface area contributed by atoms with E-state index in [0.29, 0.717) is 22.5 Å². The predicted octanol–water partition coefficient (Wildman–Crippen LogP) is 9.13. The summed E-state index contributed by atoms with van der Waals surface area (Å²) in [6.45, 7) is 14.0. The van der Waals surface area contributed by atoms with Crippen molar-refractivity contribution < 1.29 is 4.21 Å². The smallest absolute Gasteiger partial charge is 0.127 e. The fourth-order valence-electron chi connectivity index (χ4n) is 3.85. The van der Waals surface area contributed by atoms with E-state index in [9.17, 15) is 4.21 Å². The van der Waals surface area contributed by atoms with Gasteiger partial charge in [0.1, 0.15) is 11.0 Å². The highest BCUT2D eigenvalue weighted by atomic mass is 35.5. The van der Waals surface area contributed by atoms with Gasteiger partial charge in [-0.25, -0.2) is 8.51 Å². The second kappa shape index (κ2) is 13.9. The van der Waals surface area contributed by atoms with Crippen LogP contribution in [-0.4, -0.2) is 32.3 Å². The Balaban J connectivity index is 0.00000186. The molecule has 0 fully saturated rings. The van der Waals surface area contributed by atoms with Gasteiger partial charge in [-0.1, -0.05) is 50.9 Å². The average molecular weight is 580 g/mol. The molecule has 1 aliphatic heterocycles. The highest BCUT2D eigenvalue weighted by Crippen LogP contribution is 2.36. The number of nitrogens with one attached hydrogen (secondary N) is 2. The quantitative estimate of drug-likeness (QED) is 0.207. The number of benzene rings is 2. The second-order valence-electron chi connectivity index (χ2n) is 8.81. The minimum atomic E-state index is -1.23. The van der Waals surface area contributed by atoms with Crippen LogP contribution in [0, 0.1) is 5.92 Å². The van der Waals surface area contributed by atoms with Gasteiger partial charge in [-0.2, -0.15) is 0 Å². The number of aromatic nitrogens is 1. The Morgan fingerprint density at radius 3 is 2.57 bits per heavy atom. The molecule has 200 valence electrons. The SMILES string of the molecule is CC.CCC(C)C(C)=NC1=C(C)CCN(S(=O)c2ccc(SNc3ccc(Cl)c4c(Cl)c[nH]c34)cc2)C1. The lowest BCUT2D eigenvalue weighted by atomic mass is 10.0. The Labute approximate surface area is 237 Å². The summed E-state index contributed by atoms with van der Waals surface area (Å²) in [7, 11) is -1.23. The van der Waals surface area contributed by atoms with Crippen molar-refractivity contribution in [1.82, 2.24) is 9.29 Å². The van der Waals surface area contributed by atoms with Gasteiger partial charge in [0.05, 0.1) is 38.4 Å². The van der Waals surface area contributed by atoms with E-state index in [-0.39, 0.29) is 0 Å². The Morgan fingerprint density at radius 2 is 1.89 bits per heavy atom. The first-order valence-electron chi connectivity index (χ1n) is 12.7. The van der Waals surface area contributed by atoms with Gasteiger partial charge < -0.3 is 9.71 Å². The molecule has 3 aromatic rings. The number of fused-ring (bicyclic) bond motifs is 1. The van der Waals surface area contributed by atoms with Gasteiger partial charge in [0.25, 0.3) is 0 Å². The molecule has 2 aromatic carbocycles. The summed E-state index contributed by atoms with van der Waals surface area (Å²) in [5.41, 5.74) is 5.24. The molecule has 0 aliphatic carbocycles. The monoisotopic (exact) mass is 578 g/mol. The van der Waals surface area contributed by atoms with E-state index in [4.69, 9.17) is 28.2 Å². The van der Waals surface area contributed by atoms with Crippen LogP contribution < -0.4 is 4.72 Å². The summed E-state index contributed by atoms with van der Waals surface area (Å²) >= 11 is 14.0. The lowest BCUT2D eigenvalue weighted by molar-refractivity contribution is 0.453. The van der Waals surface area contributed by atoms with Crippen LogP contribution >= 0.6 is 35.1 Å². The molecule has 1 aliphatic rings. The lowest BCUT2D eigenvalue weighted by Gasteiger charge is -2.27. The third-order valence-electron chi connectivity index (χ3n) is 6.47. The van der Waals surface area contributed by atoms with E-state index in [0.717, 1.165) is 57.2 Å². The lowest BCUT2D eigenvalue weighted by Crippen LogP contribution is -2.33. The molecule has 2 atom stereocenters. The van der Waals surface area contributed by atoms with Crippen molar-refractivity contribution in [2.24, 2.45) is 10.9 Å². The van der Waals surface area contributed by atoms with E-state index < -0.39 is 11.0 Å². The molecule has 1 aromatic heterocycles. The Kier molecular flexibility index (Phi) is 11.2. The van der Waals surface area contributed by atoms with E-state index >= 15 is 0 Å². The van der Waals surface area contributed by atoms with Crippen molar-refractivity contribution in [3.05, 3.63) is 63.9 Å². The van der Waals surface area contributed by atoms with Crippen molar-refractivity contribution in [2.75, 3.05) is 17.8 Å². The maximum Gasteiger partial charge on any atom is 0.127 e. The maximum absolute atomic E-state index is 13.3. The van der Waals surface area contributed by atoms with Gasteiger partial charge >= 0.3 is 0 Å². The van der Waals surface area contributed by atoms with Crippen molar-refractivity contribution >= 4 is 68.4 Å². The van der Waals surface area contributed by atoms with Gasteiger partial charge in [0, 0.05) is 28.7 Å². The van der Waals surface area contributed by atoms with Crippen molar-refractivity contribution in [1.29, 1.82) is 0 Å². The van der Waals surface area contributed by atoms with Crippen LogP contribution in [0.5, 0.6) is 0 Å². The van der Waals surface area contributed by atoms with E-state index in [1.807, 2.05) is 54.6 Å². The van der Waals surface area contributed by atoms with E-state index in [2.05, 4.69) is 37.4 Å². The van der Waals surface area contributed by atoms with Crippen LogP contribution in [-0.2, 0) is 11.0 Å². The highest BCUT2D eigenvalue weighted by molar-refractivity contribution is 8.00. The van der Waals surface area contributed by atoms with Crippen LogP contribution in [0.15, 0.2) is 68.6 Å². The summed E-state index contributed by atoms with van der Waals surface area (Å²) in [5, 5.41) is 2.01. The number of hydrogen-bond donors (Lipinski definition) is 2. The number of halogens is 2. The molecule has 0 saturated heterocycles. The second-order valence-corrected chi connectivity index (χ2v) is 12.0. The van der Waals surface area contributed by atoms with Crippen molar-refractivity contribution in [3.63, 3.8) is 0 Å². The van der Waals surface area contributed by atoms with Crippen LogP contribution in [0.3, 0.4) is 0 Å². The number of aromatic amines is 1. The number of nitrogens with zero attached hydrogens (tertiary/aromatic N) is 2. The summed E-state index contributed by atoms with van der Waals surface area (Å²) in [6, 6.07) is 11.6. The summed E-state index contributed by atoms with van der Waals surface area (Å²) < 4.78 is 18.7. The van der Waals surface area contributed by atoms with Gasteiger partial charge in [-0.15, -0.1) is 0 Å². The molecule has 0 radical (unpaired) electrons. The minimum Gasteiger partial charge on any atom is -0.358 e. The zero-order valence-electron chi connectivity index (χ0n) is 22.3. The zero-order valence-corrected chi connectivity index (χ0v) is 25.5. The molecule has 0 saturated carbocycles. The van der Waals surface area contributed by atoms with E-state index in [1.165, 1.54) is 17.5 Å². The normalized spacial score (nSPS) is 16.4. The Hall–Kier alpha value is -1.77. The highest BCUT2D eigenvalue weighted by Gasteiger charge is 2.23. The zero-order chi connectivity index (χ0) is 27.1. The molecule has 2 heterocycles. The minimum absolute atomic E-state index is 0.452. The fraction of sp³-hybridized carbons (Fsp3) is 0.393. The molecule has 9 heteroatoms. The number of hydrogen-bond acceptors (Lipinski definition) is 4. The maximum atomic E-state index is 13.3. The molecule has 2 N–H and O–H groups in total. The first kappa shape index (κ1) is 29.8. The Morgan fingerprint density at radius 1 is 1.19 bits per heavy atom. The van der Waals surface area contributed by atoms with Crippen LogP contribution in [0.4, 0.5) is 5.69 Å². The molecule has 5 nitrogen and oxygen atoms in total. The van der Waals surface area contributed by atoms with Crippen molar-refractivity contribution in [2.45, 2.75) is 64.2 Å².